The van der Waals surface area contributed by atoms with Crippen molar-refractivity contribution >= 4 is 16.9 Å². The minimum atomic E-state index is -0.976. The van der Waals surface area contributed by atoms with E-state index in [1.807, 2.05) is 66.2 Å². The van der Waals surface area contributed by atoms with Crippen molar-refractivity contribution in [1.82, 2.24) is 34.3 Å². The van der Waals surface area contributed by atoms with Crippen molar-refractivity contribution in [2.75, 3.05) is 0 Å². The summed E-state index contributed by atoms with van der Waals surface area (Å²) >= 11 is 0. The number of carboxylic acids is 1. The van der Waals surface area contributed by atoms with Gasteiger partial charge in [-0.25, -0.2) is 9.48 Å². The van der Waals surface area contributed by atoms with Crippen molar-refractivity contribution in [2.45, 2.75) is 13.1 Å². The van der Waals surface area contributed by atoms with Gasteiger partial charge in [0.2, 0.25) is 0 Å². The molecule has 0 atom stereocenters. The van der Waals surface area contributed by atoms with Gasteiger partial charge in [0.25, 0.3) is 0 Å². The van der Waals surface area contributed by atoms with E-state index in [1.54, 1.807) is 21.5 Å². The lowest BCUT2D eigenvalue weighted by atomic mass is 10.2. The van der Waals surface area contributed by atoms with Gasteiger partial charge in [-0.15, -0.1) is 15.3 Å². The van der Waals surface area contributed by atoms with E-state index >= 15 is 0 Å². The Balaban J connectivity index is 1.40. The average molecular weight is 413 g/mol. The number of aromatic nitrogens is 7. The normalized spacial score (nSPS) is 11.3. The van der Waals surface area contributed by atoms with Gasteiger partial charge in [0.15, 0.2) is 11.6 Å². The molecule has 154 valence electrons. The van der Waals surface area contributed by atoms with Crippen LogP contribution in [0.2, 0.25) is 0 Å². The quantitative estimate of drug-likeness (QED) is 0.459. The molecule has 0 saturated carbocycles. The third kappa shape index (κ3) is 3.46. The van der Waals surface area contributed by atoms with Crippen molar-refractivity contribution < 1.29 is 9.90 Å². The maximum absolute atomic E-state index is 11.7. The van der Waals surface area contributed by atoms with Crippen molar-refractivity contribution in [3.63, 3.8) is 0 Å². The summed E-state index contributed by atoms with van der Waals surface area (Å²) < 4.78 is 5.35. The van der Waals surface area contributed by atoms with Crippen LogP contribution in [0.4, 0.5) is 0 Å². The summed E-state index contributed by atoms with van der Waals surface area (Å²) in [6, 6.07) is 19.1. The molecule has 9 nitrogen and oxygen atoms in total. The zero-order valence-corrected chi connectivity index (χ0v) is 16.8. The lowest BCUT2D eigenvalue weighted by Gasteiger charge is -2.06. The highest BCUT2D eigenvalue weighted by atomic mass is 16.4. The number of hydrogen-bond acceptors (Lipinski definition) is 5. The van der Waals surface area contributed by atoms with Gasteiger partial charge >= 0.3 is 5.97 Å². The Bertz CT molecular complexity index is 1380. The summed E-state index contributed by atoms with van der Waals surface area (Å²) in [6.07, 6.45) is 1.80. The molecular weight excluding hydrogens is 394 g/mol. The molecule has 0 fully saturated rings. The first kappa shape index (κ1) is 18.7. The number of carbonyl (C=O) groups is 1. The fourth-order valence-electron chi connectivity index (χ4n) is 3.69. The second-order valence-corrected chi connectivity index (χ2v) is 7.25. The monoisotopic (exact) mass is 413 g/mol. The molecule has 0 radical (unpaired) electrons. The van der Waals surface area contributed by atoms with E-state index in [-0.39, 0.29) is 5.69 Å². The van der Waals surface area contributed by atoms with E-state index < -0.39 is 5.97 Å². The van der Waals surface area contributed by atoms with Gasteiger partial charge in [-0.2, -0.15) is 0 Å². The predicted octanol–water partition coefficient (Wildman–Crippen LogP) is 2.82. The van der Waals surface area contributed by atoms with Crippen molar-refractivity contribution in [1.29, 1.82) is 0 Å². The molecule has 5 rings (SSSR count). The number of aromatic carboxylic acids is 1. The van der Waals surface area contributed by atoms with Gasteiger partial charge in [0, 0.05) is 23.5 Å². The number of benzene rings is 2. The largest absolute Gasteiger partial charge is 0.477 e. The van der Waals surface area contributed by atoms with Crippen LogP contribution in [0.25, 0.3) is 22.3 Å². The Kier molecular flexibility index (Phi) is 4.55. The Labute approximate surface area is 177 Å². The summed E-state index contributed by atoms with van der Waals surface area (Å²) in [5.74, 6) is 0.546. The highest BCUT2D eigenvalue weighted by Crippen LogP contribution is 2.21. The second kappa shape index (κ2) is 7.52. The van der Waals surface area contributed by atoms with E-state index in [9.17, 15) is 9.90 Å². The molecule has 31 heavy (non-hydrogen) atoms. The molecule has 0 aliphatic rings. The third-order valence-corrected chi connectivity index (χ3v) is 5.24. The first-order valence-corrected chi connectivity index (χ1v) is 9.74. The van der Waals surface area contributed by atoms with Crippen molar-refractivity contribution in [2.24, 2.45) is 7.05 Å². The minimum Gasteiger partial charge on any atom is -0.477 e. The Morgan fingerprint density at radius 1 is 0.968 bits per heavy atom. The van der Waals surface area contributed by atoms with Crippen LogP contribution in [0.15, 0.2) is 66.9 Å². The molecular formula is C22H19N7O2. The number of hydrogen-bond donors (Lipinski definition) is 1. The lowest BCUT2D eigenvalue weighted by Crippen LogP contribution is -2.09. The zero-order chi connectivity index (χ0) is 21.4. The number of rotatable bonds is 6. The first-order chi connectivity index (χ1) is 15.1. The number of para-hydroxylation sites is 1. The molecule has 0 bridgehead atoms. The molecule has 1 N–H and O–H groups in total. The summed E-state index contributed by atoms with van der Waals surface area (Å²) in [6.45, 7) is 0.713. The molecule has 5 aromatic rings. The fourth-order valence-corrected chi connectivity index (χ4v) is 3.69. The predicted molar refractivity (Wildman–Crippen MR) is 114 cm³/mol. The standard InChI is InChI=1S/C22H19N7O2/c1-27-20(24-25-21(27)15-7-3-2-4-8-15)14-28-12-17(23-26-28)13-29-18-10-6-5-9-16(18)11-19(29)22(30)31/h2-12H,13-14H2,1H3,(H,30,31). The van der Waals surface area contributed by atoms with E-state index in [2.05, 4.69) is 20.5 Å². The van der Waals surface area contributed by atoms with Gasteiger partial charge in [-0.3, -0.25) is 0 Å². The van der Waals surface area contributed by atoms with Gasteiger partial charge in [0.05, 0.1) is 12.7 Å². The number of carboxylic acid groups (broad SMARTS) is 1. The maximum Gasteiger partial charge on any atom is 0.352 e. The van der Waals surface area contributed by atoms with Gasteiger partial charge in [-0.1, -0.05) is 53.7 Å². The van der Waals surface area contributed by atoms with E-state index in [4.69, 9.17) is 0 Å². The molecule has 0 spiro atoms. The van der Waals surface area contributed by atoms with Crippen LogP contribution in [-0.2, 0) is 20.1 Å². The van der Waals surface area contributed by atoms with Crippen LogP contribution in [-0.4, -0.2) is 45.4 Å². The SMILES string of the molecule is Cn1c(Cn2cc(Cn3c(C(=O)O)cc4ccccc43)nn2)nnc1-c1ccccc1. The smallest absolute Gasteiger partial charge is 0.352 e. The van der Waals surface area contributed by atoms with Gasteiger partial charge in [-0.05, 0) is 12.1 Å². The molecule has 3 heterocycles. The van der Waals surface area contributed by atoms with Crippen LogP contribution in [0, 0.1) is 0 Å². The minimum absolute atomic E-state index is 0.219. The molecule has 0 amide bonds. The zero-order valence-electron chi connectivity index (χ0n) is 16.8. The number of fused-ring (bicyclic) bond motifs is 1. The topological polar surface area (TPSA) is 104 Å². The van der Waals surface area contributed by atoms with Crippen LogP contribution in [0.3, 0.4) is 0 Å². The molecule has 2 aromatic carbocycles. The Morgan fingerprint density at radius 2 is 1.74 bits per heavy atom. The molecule has 3 aromatic heterocycles. The summed E-state index contributed by atoms with van der Waals surface area (Å²) in [5, 5.41) is 27.5. The van der Waals surface area contributed by atoms with E-state index in [0.717, 1.165) is 28.1 Å². The van der Waals surface area contributed by atoms with E-state index in [0.29, 0.717) is 18.8 Å². The highest BCUT2D eigenvalue weighted by Gasteiger charge is 2.16. The average Bonchev–Trinajstić information content (AvgIpc) is 3.48. The molecule has 0 saturated heterocycles. The van der Waals surface area contributed by atoms with Crippen LogP contribution < -0.4 is 0 Å². The molecule has 0 aliphatic carbocycles. The first-order valence-electron chi connectivity index (χ1n) is 9.74. The fraction of sp³-hybridized carbons (Fsp3) is 0.136. The van der Waals surface area contributed by atoms with E-state index in [1.165, 1.54) is 0 Å². The summed E-state index contributed by atoms with van der Waals surface area (Å²) in [5.41, 5.74) is 2.71. The second-order valence-electron chi connectivity index (χ2n) is 7.25. The lowest BCUT2D eigenvalue weighted by molar-refractivity contribution is 0.0686. The van der Waals surface area contributed by atoms with Crippen LogP contribution >= 0.6 is 0 Å². The summed E-state index contributed by atoms with van der Waals surface area (Å²) in [4.78, 5) is 11.7. The summed E-state index contributed by atoms with van der Waals surface area (Å²) in [7, 11) is 1.92. The Morgan fingerprint density at radius 3 is 2.55 bits per heavy atom. The van der Waals surface area contributed by atoms with Crippen molar-refractivity contribution in [3.05, 3.63) is 84.1 Å². The molecule has 0 aliphatic heterocycles. The number of nitrogens with zero attached hydrogens (tertiary/aromatic N) is 7. The van der Waals surface area contributed by atoms with Crippen molar-refractivity contribution in [3.8, 4) is 11.4 Å². The Hall–Kier alpha value is -4.27. The molecule has 0 unspecified atom stereocenters. The van der Waals surface area contributed by atoms with Crippen LogP contribution in [0.1, 0.15) is 22.0 Å². The maximum atomic E-state index is 11.7. The molecule has 9 heteroatoms. The van der Waals surface area contributed by atoms with Gasteiger partial charge in [0.1, 0.15) is 17.9 Å². The van der Waals surface area contributed by atoms with Gasteiger partial charge < -0.3 is 14.2 Å². The third-order valence-electron chi connectivity index (χ3n) is 5.24. The van der Waals surface area contributed by atoms with Crippen LogP contribution in [0.5, 0.6) is 0 Å². The highest BCUT2D eigenvalue weighted by molar-refractivity contribution is 5.94.